The van der Waals surface area contributed by atoms with E-state index in [4.69, 9.17) is 19.9 Å². The van der Waals surface area contributed by atoms with E-state index in [9.17, 15) is 9.65 Å². The minimum Gasteiger partial charge on any atom is -0.493 e. The molecule has 2 aromatic rings. The highest BCUT2D eigenvalue weighted by Gasteiger charge is 2.49. The molecule has 2 aromatic carbocycles. The Morgan fingerprint density at radius 1 is 1.10 bits per heavy atom. The Morgan fingerprint density at radius 3 is 2.55 bits per heavy atom. The number of allylic oxidation sites excluding steroid dienone is 1. The third-order valence-corrected chi connectivity index (χ3v) is 5.46. The van der Waals surface area contributed by atoms with Gasteiger partial charge in [0.1, 0.15) is 11.9 Å². The Hall–Kier alpha value is -3.28. The van der Waals surface area contributed by atoms with Crippen LogP contribution in [0.1, 0.15) is 23.1 Å². The summed E-state index contributed by atoms with van der Waals surface area (Å²) in [6, 6.07) is 13.8. The van der Waals surface area contributed by atoms with Crippen molar-refractivity contribution in [3.8, 4) is 17.6 Å². The van der Waals surface area contributed by atoms with Gasteiger partial charge in [-0.2, -0.15) is 5.26 Å². The monoisotopic (exact) mass is 396 g/mol. The van der Waals surface area contributed by atoms with Crippen molar-refractivity contribution in [2.75, 3.05) is 14.2 Å². The van der Waals surface area contributed by atoms with E-state index in [1.54, 1.807) is 38.5 Å². The van der Waals surface area contributed by atoms with Gasteiger partial charge in [-0.25, -0.2) is 15.2 Å². The van der Waals surface area contributed by atoms with Crippen molar-refractivity contribution < 1.29 is 18.6 Å². The summed E-state index contributed by atoms with van der Waals surface area (Å²) in [6.45, 7) is 0. The summed E-state index contributed by atoms with van der Waals surface area (Å²) in [5, 5.41) is 9.74. The molecular formula is C21H21FN4O3. The Morgan fingerprint density at radius 2 is 1.86 bits per heavy atom. The molecule has 4 N–H and O–H groups in total. The van der Waals surface area contributed by atoms with Gasteiger partial charge >= 0.3 is 0 Å². The number of hydrazine groups is 1. The molecule has 0 radical (unpaired) electrons. The number of hydrogen-bond acceptors (Lipinski definition) is 7. The summed E-state index contributed by atoms with van der Waals surface area (Å²) < 4.78 is 31.2. The number of nitrogens with one attached hydrogen (secondary N) is 2. The van der Waals surface area contributed by atoms with Gasteiger partial charge in [0.15, 0.2) is 17.7 Å². The molecule has 150 valence electrons. The number of fused-ring (bicyclic) bond motifs is 1. The van der Waals surface area contributed by atoms with Gasteiger partial charge in [-0.15, -0.1) is 0 Å². The lowest BCUT2D eigenvalue weighted by atomic mass is 9.74. The molecule has 7 nitrogen and oxygen atoms in total. The van der Waals surface area contributed by atoms with Gasteiger partial charge in [-0.3, -0.25) is 0 Å². The molecule has 2 aliphatic heterocycles. The Labute approximate surface area is 167 Å². The van der Waals surface area contributed by atoms with Crippen LogP contribution in [0.2, 0.25) is 0 Å². The molecule has 0 bridgehead atoms. The lowest BCUT2D eigenvalue weighted by Gasteiger charge is -2.36. The Bertz CT molecular complexity index is 1000. The Kier molecular flexibility index (Phi) is 5.01. The number of hydrogen-bond donors (Lipinski definition) is 3. The number of benzene rings is 2. The van der Waals surface area contributed by atoms with E-state index < -0.39 is 18.0 Å². The van der Waals surface area contributed by atoms with Crippen LogP contribution in [-0.2, 0) is 4.74 Å². The van der Waals surface area contributed by atoms with Crippen molar-refractivity contribution in [3.63, 3.8) is 0 Å². The molecule has 1 saturated heterocycles. The SMILES string of the molecule is COc1ccc(C2NNC3OC(N)=C(C#N)C(c4ccccc4F)C32)cc1OC. The van der Waals surface area contributed by atoms with Gasteiger partial charge in [0.2, 0.25) is 5.88 Å². The minimum absolute atomic E-state index is 0.00395. The van der Waals surface area contributed by atoms with E-state index >= 15 is 0 Å². The Balaban J connectivity index is 1.82. The van der Waals surface area contributed by atoms with Crippen LogP contribution in [-0.4, -0.2) is 20.4 Å². The fourth-order valence-corrected chi connectivity index (χ4v) is 4.13. The average molecular weight is 396 g/mol. The third kappa shape index (κ3) is 3.14. The highest BCUT2D eigenvalue weighted by Crippen LogP contribution is 2.48. The lowest BCUT2D eigenvalue weighted by Crippen LogP contribution is -2.41. The largest absolute Gasteiger partial charge is 0.493 e. The second-order valence-electron chi connectivity index (χ2n) is 6.89. The zero-order valence-electron chi connectivity index (χ0n) is 16.0. The maximum atomic E-state index is 14.7. The van der Waals surface area contributed by atoms with E-state index in [0.29, 0.717) is 17.1 Å². The zero-order valence-corrected chi connectivity index (χ0v) is 16.0. The van der Waals surface area contributed by atoms with E-state index in [-0.39, 0.29) is 23.4 Å². The second-order valence-corrected chi connectivity index (χ2v) is 6.89. The predicted octanol–water partition coefficient (Wildman–Crippen LogP) is 2.44. The van der Waals surface area contributed by atoms with Crippen molar-refractivity contribution in [1.82, 2.24) is 10.9 Å². The molecule has 0 spiro atoms. The molecule has 1 fully saturated rings. The summed E-state index contributed by atoms with van der Waals surface area (Å²) in [6.07, 6.45) is -0.533. The van der Waals surface area contributed by atoms with Gasteiger partial charge in [0.05, 0.1) is 25.8 Å². The average Bonchev–Trinajstić information content (AvgIpc) is 3.16. The van der Waals surface area contributed by atoms with Crippen LogP contribution in [0.25, 0.3) is 0 Å². The maximum absolute atomic E-state index is 14.7. The molecule has 4 rings (SSSR count). The van der Waals surface area contributed by atoms with E-state index in [1.807, 2.05) is 12.1 Å². The molecule has 8 heteroatoms. The molecule has 2 aliphatic rings. The third-order valence-electron chi connectivity index (χ3n) is 5.46. The van der Waals surface area contributed by atoms with Crippen molar-refractivity contribution in [1.29, 1.82) is 5.26 Å². The van der Waals surface area contributed by atoms with Crippen molar-refractivity contribution in [3.05, 3.63) is 70.9 Å². The summed E-state index contributed by atoms with van der Waals surface area (Å²) in [4.78, 5) is 0. The van der Waals surface area contributed by atoms with Crippen LogP contribution in [0.5, 0.6) is 11.5 Å². The number of methoxy groups -OCH3 is 2. The fourth-order valence-electron chi connectivity index (χ4n) is 4.13. The lowest BCUT2D eigenvalue weighted by molar-refractivity contribution is 0.0336. The van der Waals surface area contributed by atoms with Gasteiger partial charge in [-0.05, 0) is 29.3 Å². The number of ether oxygens (including phenoxy) is 3. The standard InChI is InChI=1S/C21H21FN4O3/c1-27-15-8-7-11(9-16(15)28-2)19-18-17(12-5-3-4-6-14(12)22)13(10-23)20(24)29-21(18)26-25-19/h3-9,17-19,21,25-26H,24H2,1-2H3. The van der Waals surface area contributed by atoms with Crippen LogP contribution in [0.3, 0.4) is 0 Å². The topological polar surface area (TPSA) is 102 Å². The summed E-state index contributed by atoms with van der Waals surface area (Å²) in [5.41, 5.74) is 13.8. The summed E-state index contributed by atoms with van der Waals surface area (Å²) in [7, 11) is 3.13. The van der Waals surface area contributed by atoms with E-state index in [0.717, 1.165) is 5.56 Å². The number of nitrogens with two attached hydrogens (primary N) is 1. The first-order valence-corrected chi connectivity index (χ1v) is 9.12. The van der Waals surface area contributed by atoms with Crippen molar-refractivity contribution in [2.24, 2.45) is 11.7 Å². The van der Waals surface area contributed by atoms with Gasteiger partial charge < -0.3 is 19.9 Å². The van der Waals surface area contributed by atoms with Crippen molar-refractivity contribution in [2.45, 2.75) is 18.2 Å². The first-order valence-electron chi connectivity index (χ1n) is 9.12. The normalized spacial score (nSPS) is 25.7. The summed E-state index contributed by atoms with van der Waals surface area (Å²) in [5.74, 6) is -0.121. The van der Waals surface area contributed by atoms with E-state index in [1.165, 1.54) is 6.07 Å². The molecule has 2 heterocycles. The molecular weight excluding hydrogens is 375 g/mol. The van der Waals surface area contributed by atoms with Gasteiger partial charge in [0, 0.05) is 11.8 Å². The highest BCUT2D eigenvalue weighted by molar-refractivity contribution is 5.46. The summed E-state index contributed by atoms with van der Waals surface area (Å²) >= 11 is 0. The molecule has 0 aliphatic carbocycles. The van der Waals surface area contributed by atoms with Crippen LogP contribution < -0.4 is 26.1 Å². The van der Waals surface area contributed by atoms with Crippen molar-refractivity contribution >= 4 is 0 Å². The van der Waals surface area contributed by atoms with Crippen LogP contribution in [0.15, 0.2) is 53.9 Å². The molecule has 29 heavy (non-hydrogen) atoms. The molecule has 4 atom stereocenters. The van der Waals surface area contributed by atoms with Crippen LogP contribution in [0.4, 0.5) is 4.39 Å². The number of nitrogens with zero attached hydrogens (tertiary/aromatic N) is 1. The predicted molar refractivity (Wildman–Crippen MR) is 103 cm³/mol. The maximum Gasteiger partial charge on any atom is 0.200 e. The quantitative estimate of drug-likeness (QED) is 0.730. The van der Waals surface area contributed by atoms with E-state index in [2.05, 4.69) is 16.9 Å². The minimum atomic E-state index is -0.583. The first kappa shape index (κ1) is 19.1. The first-order chi connectivity index (χ1) is 14.1. The smallest absolute Gasteiger partial charge is 0.200 e. The molecule has 0 amide bonds. The van der Waals surface area contributed by atoms with Gasteiger partial charge in [0.25, 0.3) is 0 Å². The molecule has 0 aromatic heterocycles. The molecule has 4 unspecified atom stereocenters. The second kappa shape index (κ2) is 7.62. The van der Waals surface area contributed by atoms with Crippen LogP contribution >= 0.6 is 0 Å². The zero-order chi connectivity index (χ0) is 20.5. The van der Waals surface area contributed by atoms with Crippen LogP contribution in [0, 0.1) is 23.1 Å². The van der Waals surface area contributed by atoms with Gasteiger partial charge in [-0.1, -0.05) is 24.3 Å². The molecule has 0 saturated carbocycles. The number of nitriles is 1. The fraction of sp³-hybridized carbons (Fsp3) is 0.286. The number of rotatable bonds is 4. The highest BCUT2D eigenvalue weighted by atomic mass is 19.1. The number of halogens is 1.